The molecule has 7 nitrogen and oxygen atoms in total. The molecule has 40 heavy (non-hydrogen) atoms. The molecule has 0 radical (unpaired) electrons. The van der Waals surface area contributed by atoms with Crippen molar-refractivity contribution in [3.63, 3.8) is 0 Å². The van der Waals surface area contributed by atoms with Crippen LogP contribution in [0.25, 0.3) is 22.3 Å². The van der Waals surface area contributed by atoms with Crippen molar-refractivity contribution in [1.82, 2.24) is 15.0 Å². The number of amides is 1. The number of hydrogen-bond acceptors (Lipinski definition) is 5. The Morgan fingerprint density at radius 1 is 0.650 bits per heavy atom. The molecule has 0 atom stereocenters. The monoisotopic (exact) mass is 531 g/mol. The quantitative estimate of drug-likeness (QED) is 0.184. The predicted molar refractivity (Wildman–Crippen MR) is 154 cm³/mol. The second-order valence-corrected chi connectivity index (χ2v) is 9.26. The third kappa shape index (κ3) is 7.46. The van der Waals surface area contributed by atoms with E-state index in [1.165, 1.54) is 11.6 Å². The molecule has 3 aromatic carbocycles. The molecule has 5 rings (SSSR count). The van der Waals surface area contributed by atoms with E-state index in [1.54, 1.807) is 24.5 Å². The molecular formula is C33H29N3O4. The first kappa shape index (κ1) is 27.9. The van der Waals surface area contributed by atoms with Gasteiger partial charge in [0.15, 0.2) is 0 Å². The lowest BCUT2D eigenvalue weighted by Crippen LogP contribution is -2.27. The largest absolute Gasteiger partial charge is 0.477 e. The SMILES string of the molecule is Cc1cccc(-c2ccc(C(=O)N(O)Cc3ccccc3)nc2)c1.Cc1cccc(-c2ccc(C(=O)O)nc2)c1. The van der Waals surface area contributed by atoms with Crippen molar-refractivity contribution in [2.75, 3.05) is 0 Å². The van der Waals surface area contributed by atoms with Crippen LogP contribution in [-0.2, 0) is 6.54 Å². The van der Waals surface area contributed by atoms with Crippen molar-refractivity contribution in [3.05, 3.63) is 144 Å². The van der Waals surface area contributed by atoms with E-state index in [2.05, 4.69) is 16.0 Å². The first-order valence-electron chi connectivity index (χ1n) is 12.6. The van der Waals surface area contributed by atoms with Crippen molar-refractivity contribution < 1.29 is 19.9 Å². The normalized spacial score (nSPS) is 10.3. The van der Waals surface area contributed by atoms with Crippen LogP contribution in [0.1, 0.15) is 37.7 Å². The molecule has 0 aliphatic heterocycles. The third-order valence-electron chi connectivity index (χ3n) is 6.08. The molecule has 0 fully saturated rings. The van der Waals surface area contributed by atoms with E-state index in [0.29, 0.717) is 5.06 Å². The minimum atomic E-state index is -1.00. The Labute approximate surface area is 233 Å². The van der Waals surface area contributed by atoms with Gasteiger partial charge in [-0.2, -0.15) is 0 Å². The highest BCUT2D eigenvalue weighted by Crippen LogP contribution is 2.21. The van der Waals surface area contributed by atoms with Gasteiger partial charge in [-0.3, -0.25) is 15.0 Å². The van der Waals surface area contributed by atoms with Gasteiger partial charge in [0, 0.05) is 23.5 Å². The van der Waals surface area contributed by atoms with Crippen molar-refractivity contribution >= 4 is 11.9 Å². The van der Waals surface area contributed by atoms with Crippen LogP contribution in [-0.4, -0.2) is 37.2 Å². The van der Waals surface area contributed by atoms with Crippen LogP contribution in [0, 0.1) is 13.8 Å². The Balaban J connectivity index is 0.000000201. The third-order valence-corrected chi connectivity index (χ3v) is 6.08. The highest BCUT2D eigenvalue weighted by atomic mass is 16.5. The Bertz CT molecular complexity index is 1580. The fraction of sp³-hybridized carbons (Fsp3) is 0.0909. The second kappa shape index (κ2) is 13.1. The summed E-state index contributed by atoms with van der Waals surface area (Å²) >= 11 is 0. The number of aromatic nitrogens is 2. The number of pyridine rings is 2. The van der Waals surface area contributed by atoms with Crippen LogP contribution >= 0.6 is 0 Å². The van der Waals surface area contributed by atoms with Gasteiger partial charge in [-0.15, -0.1) is 0 Å². The average Bonchev–Trinajstić information content (AvgIpc) is 2.98. The van der Waals surface area contributed by atoms with Crippen molar-refractivity contribution in [2.45, 2.75) is 20.4 Å². The summed E-state index contributed by atoms with van der Waals surface area (Å²) in [4.78, 5) is 31.0. The number of carbonyl (C=O) groups excluding carboxylic acids is 1. The van der Waals surface area contributed by atoms with E-state index in [-0.39, 0.29) is 17.9 Å². The number of benzene rings is 3. The smallest absolute Gasteiger partial charge is 0.354 e. The van der Waals surface area contributed by atoms with Gasteiger partial charge >= 0.3 is 5.97 Å². The van der Waals surface area contributed by atoms with E-state index in [9.17, 15) is 14.8 Å². The summed E-state index contributed by atoms with van der Waals surface area (Å²) in [6, 6.07) is 32.1. The molecule has 0 unspecified atom stereocenters. The number of carbonyl (C=O) groups is 2. The van der Waals surface area contributed by atoms with Gasteiger partial charge in [-0.1, -0.05) is 102 Å². The second-order valence-electron chi connectivity index (χ2n) is 9.26. The Morgan fingerprint density at radius 2 is 1.18 bits per heavy atom. The van der Waals surface area contributed by atoms with Crippen LogP contribution in [0.15, 0.2) is 116 Å². The van der Waals surface area contributed by atoms with Crippen LogP contribution in [0.2, 0.25) is 0 Å². The number of rotatable bonds is 6. The maximum atomic E-state index is 12.3. The summed E-state index contributed by atoms with van der Waals surface area (Å²) in [5, 5.41) is 19.4. The summed E-state index contributed by atoms with van der Waals surface area (Å²) < 4.78 is 0. The molecule has 7 heteroatoms. The summed E-state index contributed by atoms with van der Waals surface area (Å²) in [7, 11) is 0. The Kier molecular flexibility index (Phi) is 9.12. The summed E-state index contributed by atoms with van der Waals surface area (Å²) in [5.41, 5.74) is 7.41. The molecule has 2 heterocycles. The Hall–Kier alpha value is -5.14. The number of aromatic carboxylic acids is 1. The van der Waals surface area contributed by atoms with Gasteiger partial charge < -0.3 is 5.11 Å². The first-order chi connectivity index (χ1) is 19.3. The molecule has 5 aromatic rings. The summed E-state index contributed by atoms with van der Waals surface area (Å²) in [5.74, 6) is -1.52. The van der Waals surface area contributed by atoms with Crippen molar-refractivity contribution in [2.24, 2.45) is 0 Å². The van der Waals surface area contributed by atoms with Gasteiger partial charge in [-0.05, 0) is 42.7 Å². The summed E-state index contributed by atoms with van der Waals surface area (Å²) in [6.07, 6.45) is 3.23. The molecular weight excluding hydrogens is 502 g/mol. The van der Waals surface area contributed by atoms with Gasteiger partial charge in [0.05, 0.1) is 6.54 Å². The molecule has 200 valence electrons. The average molecular weight is 532 g/mol. The zero-order valence-corrected chi connectivity index (χ0v) is 22.2. The molecule has 0 aliphatic carbocycles. The van der Waals surface area contributed by atoms with E-state index >= 15 is 0 Å². The van der Waals surface area contributed by atoms with E-state index in [4.69, 9.17) is 5.11 Å². The van der Waals surface area contributed by atoms with Crippen LogP contribution in [0.5, 0.6) is 0 Å². The standard InChI is InChI=1S/C20H18N2O2.C13H11NO2/c1-15-6-5-9-17(12-15)18-10-11-19(21-13-18)20(23)22(24)14-16-7-3-2-4-8-16;1-9-3-2-4-10(7-9)11-5-6-12(13(15)16)14-8-11/h2-13,24H,14H2,1H3;2-8H,1H3,(H,15,16). The molecule has 0 saturated heterocycles. The minimum Gasteiger partial charge on any atom is -0.477 e. The fourth-order valence-corrected chi connectivity index (χ4v) is 3.99. The van der Waals surface area contributed by atoms with Crippen LogP contribution in [0.4, 0.5) is 0 Å². The van der Waals surface area contributed by atoms with Gasteiger partial charge in [-0.25, -0.2) is 14.8 Å². The number of nitrogens with zero attached hydrogens (tertiary/aromatic N) is 3. The minimum absolute atomic E-state index is 0.0661. The molecule has 1 amide bonds. The van der Waals surface area contributed by atoms with Crippen molar-refractivity contribution in [3.8, 4) is 22.3 Å². The van der Waals surface area contributed by atoms with Gasteiger partial charge in [0.1, 0.15) is 11.4 Å². The molecule has 2 N–H and O–H groups in total. The van der Waals surface area contributed by atoms with Crippen LogP contribution < -0.4 is 0 Å². The topological polar surface area (TPSA) is 104 Å². The zero-order valence-electron chi connectivity index (χ0n) is 22.2. The maximum Gasteiger partial charge on any atom is 0.354 e. The molecule has 0 saturated carbocycles. The van der Waals surface area contributed by atoms with Crippen LogP contribution in [0.3, 0.4) is 0 Å². The van der Waals surface area contributed by atoms with E-state index < -0.39 is 11.9 Å². The molecule has 2 aromatic heterocycles. The number of carboxylic acids is 1. The number of carboxylic acid groups (broad SMARTS) is 1. The highest BCUT2D eigenvalue weighted by molar-refractivity contribution is 5.91. The lowest BCUT2D eigenvalue weighted by molar-refractivity contribution is -0.0652. The number of hydroxylamine groups is 2. The van der Waals surface area contributed by atoms with E-state index in [1.807, 2.05) is 92.7 Å². The molecule has 0 aliphatic rings. The van der Waals surface area contributed by atoms with Gasteiger partial charge in [0.25, 0.3) is 5.91 Å². The summed E-state index contributed by atoms with van der Waals surface area (Å²) in [6.45, 7) is 4.17. The molecule has 0 bridgehead atoms. The fourth-order valence-electron chi connectivity index (χ4n) is 3.99. The number of hydrogen-bond donors (Lipinski definition) is 2. The zero-order chi connectivity index (χ0) is 28.5. The van der Waals surface area contributed by atoms with E-state index in [0.717, 1.165) is 33.4 Å². The van der Waals surface area contributed by atoms with Crippen molar-refractivity contribution in [1.29, 1.82) is 0 Å². The highest BCUT2D eigenvalue weighted by Gasteiger charge is 2.15. The lowest BCUT2D eigenvalue weighted by Gasteiger charge is -2.14. The lowest BCUT2D eigenvalue weighted by atomic mass is 10.1. The first-order valence-corrected chi connectivity index (χ1v) is 12.6. The Morgan fingerprint density at radius 3 is 1.62 bits per heavy atom. The van der Waals surface area contributed by atoms with Gasteiger partial charge in [0.2, 0.25) is 0 Å². The molecule has 0 spiro atoms. The predicted octanol–water partition coefficient (Wildman–Crippen LogP) is 6.84. The number of aryl methyl sites for hydroxylation is 2. The maximum absolute atomic E-state index is 12.3.